The summed E-state index contributed by atoms with van der Waals surface area (Å²) in [6, 6.07) is 2.00. The van der Waals surface area contributed by atoms with Crippen LogP contribution in [0.25, 0.3) is 5.65 Å². The van der Waals surface area contributed by atoms with E-state index in [2.05, 4.69) is 10.1 Å². The monoisotopic (exact) mass is 288 g/mol. The van der Waals surface area contributed by atoms with Crippen molar-refractivity contribution in [1.29, 1.82) is 0 Å². The third-order valence-corrected chi connectivity index (χ3v) is 3.42. The van der Waals surface area contributed by atoms with Gasteiger partial charge in [0.05, 0.1) is 18.8 Å². The predicted octanol–water partition coefficient (Wildman–Crippen LogP) is 2.60. The van der Waals surface area contributed by atoms with Gasteiger partial charge in [-0.15, -0.1) is 0 Å². The van der Waals surface area contributed by atoms with Gasteiger partial charge in [0, 0.05) is 17.0 Å². The molecule has 0 spiro atoms. The van der Waals surface area contributed by atoms with Gasteiger partial charge in [0.1, 0.15) is 5.60 Å². The molecule has 0 fully saturated rings. The van der Waals surface area contributed by atoms with Crippen molar-refractivity contribution in [3.8, 4) is 0 Å². The number of aryl methyl sites for hydroxylation is 2. The first kappa shape index (κ1) is 13.9. The van der Waals surface area contributed by atoms with Crippen LogP contribution in [-0.2, 0) is 17.8 Å². The van der Waals surface area contributed by atoms with Crippen LogP contribution in [0.4, 0.5) is 4.79 Å². The van der Waals surface area contributed by atoms with Crippen LogP contribution in [0.2, 0.25) is 0 Å². The molecule has 0 unspecified atom stereocenters. The van der Waals surface area contributed by atoms with E-state index in [1.165, 1.54) is 0 Å². The first-order valence-corrected chi connectivity index (χ1v) is 7.07. The van der Waals surface area contributed by atoms with E-state index in [0.29, 0.717) is 13.1 Å². The van der Waals surface area contributed by atoms with E-state index in [1.54, 1.807) is 4.90 Å². The number of aromatic nitrogens is 3. The summed E-state index contributed by atoms with van der Waals surface area (Å²) < 4.78 is 7.27. The highest BCUT2D eigenvalue weighted by molar-refractivity contribution is 5.70. The summed E-state index contributed by atoms with van der Waals surface area (Å²) in [5.74, 6) is 0. The highest BCUT2D eigenvalue weighted by Crippen LogP contribution is 2.27. The summed E-state index contributed by atoms with van der Waals surface area (Å²) in [7, 11) is 0. The first-order valence-electron chi connectivity index (χ1n) is 7.07. The number of rotatable bonds is 0. The number of amides is 1. The first-order chi connectivity index (χ1) is 9.74. The van der Waals surface area contributed by atoms with Crippen LogP contribution in [0, 0.1) is 13.8 Å². The number of hydrogen-bond acceptors (Lipinski definition) is 4. The Kier molecular flexibility index (Phi) is 2.93. The maximum absolute atomic E-state index is 12.1. The van der Waals surface area contributed by atoms with E-state index in [0.717, 1.165) is 28.3 Å². The Bertz CT molecular complexity index is 727. The zero-order chi connectivity index (χ0) is 15.4. The molecule has 0 aliphatic carbocycles. The fourth-order valence-corrected chi connectivity index (χ4v) is 2.58. The van der Waals surface area contributed by atoms with E-state index in [1.807, 2.05) is 45.2 Å². The summed E-state index contributed by atoms with van der Waals surface area (Å²) in [5.41, 5.74) is 4.29. The van der Waals surface area contributed by atoms with Gasteiger partial charge in [-0.3, -0.25) is 4.90 Å². The maximum atomic E-state index is 12.1. The van der Waals surface area contributed by atoms with Crippen molar-refractivity contribution >= 4 is 11.7 Å². The van der Waals surface area contributed by atoms with Crippen molar-refractivity contribution < 1.29 is 9.53 Å². The molecule has 0 atom stereocenters. The predicted molar refractivity (Wildman–Crippen MR) is 77.9 cm³/mol. The maximum Gasteiger partial charge on any atom is 0.410 e. The minimum Gasteiger partial charge on any atom is -0.444 e. The molecule has 21 heavy (non-hydrogen) atoms. The lowest BCUT2D eigenvalue weighted by Gasteiger charge is -2.24. The molecule has 1 amide bonds. The molecule has 1 aliphatic rings. The molecular weight excluding hydrogens is 268 g/mol. The Morgan fingerprint density at radius 3 is 2.67 bits per heavy atom. The van der Waals surface area contributed by atoms with E-state index in [-0.39, 0.29) is 6.09 Å². The van der Waals surface area contributed by atoms with Crippen molar-refractivity contribution in [2.24, 2.45) is 0 Å². The molecule has 2 aromatic rings. The molecule has 112 valence electrons. The Hall–Kier alpha value is -2.11. The lowest BCUT2D eigenvalue weighted by molar-refractivity contribution is 0.0240. The third kappa shape index (κ3) is 2.46. The molecule has 0 saturated carbocycles. The molecule has 6 heteroatoms. The van der Waals surface area contributed by atoms with Gasteiger partial charge in [-0.2, -0.15) is 5.10 Å². The van der Waals surface area contributed by atoms with Crippen LogP contribution < -0.4 is 0 Å². The summed E-state index contributed by atoms with van der Waals surface area (Å²) in [4.78, 5) is 18.4. The Balaban J connectivity index is 1.90. The van der Waals surface area contributed by atoms with Crippen molar-refractivity contribution in [2.45, 2.75) is 53.3 Å². The van der Waals surface area contributed by atoms with Gasteiger partial charge in [-0.25, -0.2) is 14.3 Å². The second-order valence-corrected chi connectivity index (χ2v) is 6.54. The second kappa shape index (κ2) is 4.44. The second-order valence-electron chi connectivity index (χ2n) is 6.54. The van der Waals surface area contributed by atoms with E-state index >= 15 is 0 Å². The summed E-state index contributed by atoms with van der Waals surface area (Å²) in [6.45, 7) is 10.6. The summed E-state index contributed by atoms with van der Waals surface area (Å²) in [5, 5.41) is 4.57. The van der Waals surface area contributed by atoms with Crippen LogP contribution in [-0.4, -0.2) is 31.2 Å². The third-order valence-electron chi connectivity index (χ3n) is 3.42. The van der Waals surface area contributed by atoms with E-state index in [9.17, 15) is 4.79 Å². The van der Waals surface area contributed by atoms with Crippen LogP contribution in [0.5, 0.6) is 0 Å². The molecule has 1 aliphatic heterocycles. The minimum atomic E-state index is -0.487. The number of carbonyl (C=O) groups is 1. The van der Waals surface area contributed by atoms with Crippen molar-refractivity contribution in [2.75, 3.05) is 0 Å². The molecule has 0 bridgehead atoms. The summed E-state index contributed by atoms with van der Waals surface area (Å²) in [6.07, 6.45) is -0.303. The quantitative estimate of drug-likeness (QED) is 0.747. The van der Waals surface area contributed by atoms with Gasteiger partial charge < -0.3 is 4.74 Å². The molecular formula is C15H20N4O2. The average Bonchev–Trinajstić information content (AvgIpc) is 2.85. The Morgan fingerprint density at radius 1 is 1.29 bits per heavy atom. The highest BCUT2D eigenvalue weighted by Gasteiger charge is 2.31. The van der Waals surface area contributed by atoms with Crippen molar-refractivity contribution in [3.05, 3.63) is 28.7 Å². The molecule has 0 saturated heterocycles. The standard InChI is InChI=1S/C15H20N4O2/c1-9-6-10(2)19-13(16-9)11-7-18(8-12(11)17-19)14(20)21-15(3,4)5/h6H,7-8H2,1-5H3. The number of hydrogen-bond donors (Lipinski definition) is 0. The van der Waals surface area contributed by atoms with Gasteiger partial charge >= 0.3 is 6.09 Å². The largest absolute Gasteiger partial charge is 0.444 e. The smallest absolute Gasteiger partial charge is 0.410 e. The summed E-state index contributed by atoms with van der Waals surface area (Å²) >= 11 is 0. The van der Waals surface area contributed by atoms with Gasteiger partial charge in [0.25, 0.3) is 0 Å². The molecule has 2 aromatic heterocycles. The molecule has 0 N–H and O–H groups in total. The fourth-order valence-electron chi connectivity index (χ4n) is 2.58. The Labute approximate surface area is 123 Å². The average molecular weight is 288 g/mol. The topological polar surface area (TPSA) is 59.7 Å². The van der Waals surface area contributed by atoms with E-state index < -0.39 is 5.60 Å². The normalized spacial score (nSPS) is 14.6. The molecule has 3 heterocycles. The van der Waals surface area contributed by atoms with Crippen LogP contribution in [0.15, 0.2) is 6.07 Å². The fraction of sp³-hybridized carbons (Fsp3) is 0.533. The van der Waals surface area contributed by atoms with Gasteiger partial charge in [0.2, 0.25) is 0 Å². The minimum absolute atomic E-state index is 0.303. The number of carbonyl (C=O) groups excluding carboxylic acids is 1. The lowest BCUT2D eigenvalue weighted by Crippen LogP contribution is -2.33. The molecule has 0 aromatic carbocycles. The van der Waals surface area contributed by atoms with Crippen LogP contribution in [0.3, 0.4) is 0 Å². The van der Waals surface area contributed by atoms with Gasteiger partial charge in [0.15, 0.2) is 5.65 Å². The van der Waals surface area contributed by atoms with E-state index in [4.69, 9.17) is 4.74 Å². The van der Waals surface area contributed by atoms with Crippen molar-refractivity contribution in [3.63, 3.8) is 0 Å². The molecule has 6 nitrogen and oxygen atoms in total. The zero-order valence-corrected chi connectivity index (χ0v) is 13.1. The Morgan fingerprint density at radius 2 is 2.00 bits per heavy atom. The lowest BCUT2D eigenvalue weighted by atomic mass is 10.2. The SMILES string of the molecule is Cc1cc(C)n2nc3c(c2n1)CN(C(=O)OC(C)(C)C)C3. The molecule has 3 rings (SSSR count). The van der Waals surface area contributed by atoms with Gasteiger partial charge in [-0.1, -0.05) is 0 Å². The van der Waals surface area contributed by atoms with Crippen LogP contribution in [0.1, 0.15) is 43.4 Å². The van der Waals surface area contributed by atoms with Gasteiger partial charge in [-0.05, 0) is 40.7 Å². The van der Waals surface area contributed by atoms with Crippen LogP contribution >= 0.6 is 0 Å². The number of ether oxygens (including phenoxy) is 1. The molecule has 0 radical (unpaired) electrons. The highest BCUT2D eigenvalue weighted by atomic mass is 16.6. The number of nitrogens with zero attached hydrogens (tertiary/aromatic N) is 4. The number of fused-ring (bicyclic) bond motifs is 3. The van der Waals surface area contributed by atoms with Crippen molar-refractivity contribution in [1.82, 2.24) is 19.5 Å². The zero-order valence-electron chi connectivity index (χ0n) is 13.1.